The van der Waals surface area contributed by atoms with Gasteiger partial charge in [0, 0.05) is 49.7 Å². The number of para-hydroxylation sites is 2. The molecule has 0 N–H and O–H groups in total. The topological polar surface area (TPSA) is 29.5 Å². The molecule has 3 nitrogen and oxygen atoms in total. The minimum absolute atomic E-state index is 0.855. The first-order valence-electron chi connectivity index (χ1n) is 21.4. The molecule has 296 valence electrons. The Hall–Kier alpha value is -8.40. The van der Waals surface area contributed by atoms with Crippen LogP contribution in [-0.2, 0) is 0 Å². The van der Waals surface area contributed by atoms with E-state index in [1.165, 1.54) is 22.3 Å². The second-order valence-electron chi connectivity index (χ2n) is 16.0. The average Bonchev–Trinajstić information content (AvgIpc) is 3.94. The Kier molecular flexibility index (Phi) is 8.83. The lowest BCUT2D eigenvalue weighted by atomic mass is 9.85. The summed E-state index contributed by atoms with van der Waals surface area (Å²) >= 11 is 0. The number of hydrogen-bond acceptors (Lipinski definition) is 3. The van der Waals surface area contributed by atoms with Crippen LogP contribution in [0.5, 0.6) is 0 Å². The molecule has 0 atom stereocenters. The minimum Gasteiger partial charge on any atom is -0.456 e. The molecule has 63 heavy (non-hydrogen) atoms. The fraction of sp³-hybridized carbons (Fsp3) is 0. The van der Waals surface area contributed by atoms with Gasteiger partial charge in [-0.05, 0) is 117 Å². The van der Waals surface area contributed by atoms with Gasteiger partial charge in [-0.3, -0.25) is 0 Å². The van der Waals surface area contributed by atoms with Crippen LogP contribution < -0.4 is 4.90 Å². The van der Waals surface area contributed by atoms with E-state index in [2.05, 4.69) is 229 Å². The van der Waals surface area contributed by atoms with Crippen molar-refractivity contribution in [2.24, 2.45) is 0 Å². The fourth-order valence-electron chi connectivity index (χ4n) is 9.38. The average molecular weight is 806 g/mol. The quantitative estimate of drug-likeness (QED) is 0.153. The third-order valence-electron chi connectivity index (χ3n) is 12.3. The van der Waals surface area contributed by atoms with E-state index in [4.69, 9.17) is 8.83 Å². The van der Waals surface area contributed by atoms with Crippen molar-refractivity contribution < 1.29 is 8.83 Å². The van der Waals surface area contributed by atoms with Crippen LogP contribution in [0.4, 0.5) is 17.1 Å². The number of rotatable bonds is 8. The molecule has 0 bridgehead atoms. The van der Waals surface area contributed by atoms with E-state index >= 15 is 0 Å². The molecule has 0 saturated heterocycles. The Balaban J connectivity index is 1.05. The highest BCUT2D eigenvalue weighted by atomic mass is 16.3. The van der Waals surface area contributed by atoms with Gasteiger partial charge in [0.15, 0.2) is 0 Å². The first-order chi connectivity index (χ1) is 31.2. The maximum Gasteiger partial charge on any atom is 0.136 e. The zero-order valence-electron chi connectivity index (χ0n) is 34.3. The molecular formula is C60H39NO2. The van der Waals surface area contributed by atoms with Crippen molar-refractivity contribution in [1.29, 1.82) is 0 Å². The van der Waals surface area contributed by atoms with Gasteiger partial charge in [-0.25, -0.2) is 0 Å². The summed E-state index contributed by atoms with van der Waals surface area (Å²) in [5.74, 6) is 0. The summed E-state index contributed by atoms with van der Waals surface area (Å²) in [6.45, 7) is 0. The Labute approximate surface area is 365 Å². The van der Waals surface area contributed by atoms with Crippen LogP contribution in [0, 0.1) is 0 Å². The summed E-state index contributed by atoms with van der Waals surface area (Å²) in [4.78, 5) is 2.34. The van der Waals surface area contributed by atoms with Gasteiger partial charge in [-0.1, -0.05) is 164 Å². The number of anilines is 3. The second kappa shape index (κ2) is 15.3. The van der Waals surface area contributed by atoms with Gasteiger partial charge >= 0.3 is 0 Å². The molecule has 0 aliphatic rings. The number of benzene rings is 10. The van der Waals surface area contributed by atoms with Crippen molar-refractivity contribution in [3.8, 4) is 55.6 Å². The zero-order valence-corrected chi connectivity index (χ0v) is 34.3. The van der Waals surface area contributed by atoms with Gasteiger partial charge < -0.3 is 13.7 Å². The van der Waals surface area contributed by atoms with E-state index in [-0.39, 0.29) is 0 Å². The molecule has 0 fully saturated rings. The van der Waals surface area contributed by atoms with E-state index in [1.54, 1.807) is 0 Å². The van der Waals surface area contributed by atoms with Crippen LogP contribution in [0.3, 0.4) is 0 Å². The van der Waals surface area contributed by atoms with Gasteiger partial charge in [0.1, 0.15) is 22.3 Å². The van der Waals surface area contributed by atoms with Crippen LogP contribution >= 0.6 is 0 Å². The summed E-state index contributed by atoms with van der Waals surface area (Å²) in [5.41, 5.74) is 18.2. The lowest BCUT2D eigenvalue weighted by Crippen LogP contribution is -2.09. The van der Waals surface area contributed by atoms with Gasteiger partial charge in [0.2, 0.25) is 0 Å². The van der Waals surface area contributed by atoms with Gasteiger partial charge in [-0.15, -0.1) is 0 Å². The smallest absolute Gasteiger partial charge is 0.136 e. The van der Waals surface area contributed by atoms with Crippen LogP contribution in [0.1, 0.15) is 0 Å². The highest BCUT2D eigenvalue weighted by molar-refractivity contribution is 6.20. The predicted molar refractivity (Wildman–Crippen MR) is 263 cm³/mol. The Morgan fingerprint density at radius 2 is 0.556 bits per heavy atom. The first-order valence-corrected chi connectivity index (χ1v) is 21.4. The lowest BCUT2D eigenvalue weighted by molar-refractivity contribution is 0.668. The molecule has 12 rings (SSSR count). The molecule has 0 spiro atoms. The van der Waals surface area contributed by atoms with Crippen molar-refractivity contribution >= 4 is 60.9 Å². The minimum atomic E-state index is 0.855. The molecule has 0 radical (unpaired) electrons. The molecule has 3 heteroatoms. The molecule has 2 heterocycles. The Morgan fingerprint density at radius 3 is 0.968 bits per heavy atom. The number of furan rings is 2. The summed E-state index contributed by atoms with van der Waals surface area (Å²) in [5, 5.41) is 4.39. The van der Waals surface area contributed by atoms with Crippen LogP contribution in [0.2, 0.25) is 0 Å². The molecule has 0 amide bonds. The molecular weight excluding hydrogens is 767 g/mol. The largest absolute Gasteiger partial charge is 0.456 e. The van der Waals surface area contributed by atoms with Crippen LogP contribution in [-0.4, -0.2) is 0 Å². The highest BCUT2D eigenvalue weighted by Crippen LogP contribution is 2.49. The van der Waals surface area contributed by atoms with Crippen LogP contribution in [0.25, 0.3) is 99.5 Å². The van der Waals surface area contributed by atoms with Crippen molar-refractivity contribution in [1.82, 2.24) is 0 Å². The molecule has 2 aromatic heterocycles. The van der Waals surface area contributed by atoms with E-state index in [9.17, 15) is 0 Å². The van der Waals surface area contributed by atoms with Gasteiger partial charge in [0.25, 0.3) is 0 Å². The van der Waals surface area contributed by atoms with Crippen molar-refractivity contribution in [3.05, 3.63) is 237 Å². The Bertz CT molecular complexity index is 3490. The second-order valence-corrected chi connectivity index (χ2v) is 16.0. The molecule has 0 aliphatic heterocycles. The van der Waals surface area contributed by atoms with Gasteiger partial charge in [-0.2, -0.15) is 0 Å². The molecule has 0 aliphatic carbocycles. The highest BCUT2D eigenvalue weighted by Gasteiger charge is 2.23. The molecule has 0 unspecified atom stereocenters. The summed E-state index contributed by atoms with van der Waals surface area (Å²) in [6.07, 6.45) is 0. The number of hydrogen-bond donors (Lipinski definition) is 0. The van der Waals surface area contributed by atoms with Crippen LogP contribution in [0.15, 0.2) is 245 Å². The maximum atomic E-state index is 6.57. The third kappa shape index (κ3) is 6.38. The fourth-order valence-corrected chi connectivity index (χ4v) is 9.38. The summed E-state index contributed by atoms with van der Waals surface area (Å²) in [6, 6.07) is 84.0. The molecule has 0 saturated carbocycles. The lowest BCUT2D eigenvalue weighted by Gasteiger charge is -2.26. The zero-order chi connectivity index (χ0) is 41.7. The van der Waals surface area contributed by atoms with E-state index in [0.29, 0.717) is 0 Å². The maximum absolute atomic E-state index is 6.57. The normalized spacial score (nSPS) is 11.5. The monoisotopic (exact) mass is 805 g/mol. The molecule has 10 aromatic carbocycles. The summed E-state index contributed by atoms with van der Waals surface area (Å²) < 4.78 is 13.1. The molecule has 12 aromatic rings. The third-order valence-corrected chi connectivity index (χ3v) is 12.3. The van der Waals surface area contributed by atoms with E-state index < -0.39 is 0 Å². The van der Waals surface area contributed by atoms with E-state index in [0.717, 1.165) is 94.3 Å². The van der Waals surface area contributed by atoms with Crippen molar-refractivity contribution in [2.75, 3.05) is 4.90 Å². The number of nitrogens with zero attached hydrogens (tertiary/aromatic N) is 1. The van der Waals surface area contributed by atoms with E-state index in [1.807, 2.05) is 12.1 Å². The van der Waals surface area contributed by atoms with Crippen molar-refractivity contribution in [3.63, 3.8) is 0 Å². The predicted octanol–water partition coefficient (Wildman–Crippen LogP) is 17.3. The SMILES string of the molecule is c1ccc(-c2ccc(N(c3ccc(-c4ccccc4)cc3)c3ccc(-c4c(-c5ccc6oc7ccccc7c6c5-c5ccccc5)ccc5oc6ccccc6c45)cc3)cc2)cc1. The summed E-state index contributed by atoms with van der Waals surface area (Å²) in [7, 11) is 0. The standard InChI is InChI=1S/C60H39NO2/c1-4-14-40(15-5-1)42-24-30-46(31-25-42)61(47-32-26-43(27-33-47)41-16-6-2-7-17-41)48-34-28-45(29-35-48)58-50(37-39-56-60(58)52-21-11-13-23-54(52)63-56)49-36-38-55-59(51-20-10-12-22-53(51)62-55)57(49)44-18-8-3-9-19-44/h1-39H. The number of fused-ring (bicyclic) bond motifs is 6. The van der Waals surface area contributed by atoms with Gasteiger partial charge in [0.05, 0.1) is 0 Å². The Morgan fingerprint density at radius 1 is 0.238 bits per heavy atom. The van der Waals surface area contributed by atoms with Crippen molar-refractivity contribution in [2.45, 2.75) is 0 Å². The first kappa shape index (κ1) is 36.5.